The van der Waals surface area contributed by atoms with E-state index in [0.29, 0.717) is 0 Å². The quantitative estimate of drug-likeness (QED) is 0.745. The van der Waals surface area contributed by atoms with Gasteiger partial charge in [-0.2, -0.15) is 0 Å². The molecule has 3 heteroatoms. The fourth-order valence-electron chi connectivity index (χ4n) is 1.65. The highest BCUT2D eigenvalue weighted by atomic mass is 16.2. The van der Waals surface area contributed by atoms with Gasteiger partial charge < -0.3 is 5.32 Å². The predicted octanol–water partition coefficient (Wildman–Crippen LogP) is 2.51. The standard InChI is InChI=1S/C12H14N2O/c1-9-12(2,3)13-11(15)14(9)10-7-5-4-6-8-10/h4-8H,1H2,2-3H3,(H,13,15). The summed E-state index contributed by atoms with van der Waals surface area (Å²) in [6, 6.07) is 9.41. The Kier molecular flexibility index (Phi) is 2.03. The Hall–Kier alpha value is -1.77. The van der Waals surface area contributed by atoms with Gasteiger partial charge in [-0.3, -0.25) is 4.90 Å². The number of hydrogen-bond donors (Lipinski definition) is 1. The largest absolute Gasteiger partial charge is 0.327 e. The van der Waals surface area contributed by atoms with Crippen molar-refractivity contribution >= 4 is 11.7 Å². The molecule has 0 bridgehead atoms. The monoisotopic (exact) mass is 202 g/mol. The molecule has 1 fully saturated rings. The third-order valence-corrected chi connectivity index (χ3v) is 2.63. The molecule has 1 heterocycles. The highest BCUT2D eigenvalue weighted by molar-refractivity contribution is 5.99. The molecule has 0 aromatic heterocycles. The van der Waals surface area contributed by atoms with Crippen molar-refractivity contribution in [2.24, 2.45) is 0 Å². The van der Waals surface area contributed by atoms with Gasteiger partial charge in [0.05, 0.1) is 11.2 Å². The molecule has 0 atom stereocenters. The van der Waals surface area contributed by atoms with Crippen LogP contribution in [0.5, 0.6) is 0 Å². The van der Waals surface area contributed by atoms with Crippen molar-refractivity contribution in [3.8, 4) is 0 Å². The number of anilines is 1. The number of carbonyl (C=O) groups is 1. The van der Waals surface area contributed by atoms with E-state index in [-0.39, 0.29) is 11.6 Å². The molecule has 1 aliphatic rings. The van der Waals surface area contributed by atoms with Gasteiger partial charge in [-0.25, -0.2) is 4.79 Å². The van der Waals surface area contributed by atoms with Crippen LogP contribution < -0.4 is 10.2 Å². The van der Waals surface area contributed by atoms with E-state index in [1.807, 2.05) is 44.2 Å². The molecule has 0 radical (unpaired) electrons. The molecule has 1 aliphatic heterocycles. The van der Waals surface area contributed by atoms with E-state index in [1.165, 1.54) is 0 Å². The van der Waals surface area contributed by atoms with Crippen molar-refractivity contribution in [3.63, 3.8) is 0 Å². The summed E-state index contributed by atoms with van der Waals surface area (Å²) in [5.74, 6) is 0. The van der Waals surface area contributed by atoms with Crippen molar-refractivity contribution in [1.82, 2.24) is 5.32 Å². The van der Waals surface area contributed by atoms with Crippen molar-refractivity contribution in [1.29, 1.82) is 0 Å². The molecule has 1 saturated heterocycles. The van der Waals surface area contributed by atoms with E-state index >= 15 is 0 Å². The average Bonchev–Trinajstić information content (AvgIpc) is 2.38. The van der Waals surface area contributed by atoms with Crippen molar-refractivity contribution in [2.45, 2.75) is 19.4 Å². The molecule has 15 heavy (non-hydrogen) atoms. The minimum Gasteiger partial charge on any atom is -0.327 e. The van der Waals surface area contributed by atoms with Crippen LogP contribution in [0.25, 0.3) is 0 Å². The van der Waals surface area contributed by atoms with Crippen molar-refractivity contribution < 1.29 is 4.79 Å². The molecule has 3 nitrogen and oxygen atoms in total. The molecular formula is C12H14N2O. The van der Waals surface area contributed by atoms with Crippen LogP contribution in [0.1, 0.15) is 13.8 Å². The minimum atomic E-state index is -0.368. The lowest BCUT2D eigenvalue weighted by atomic mass is 10.0. The lowest BCUT2D eigenvalue weighted by molar-refractivity contribution is 0.249. The van der Waals surface area contributed by atoms with Gasteiger partial charge in [0.2, 0.25) is 0 Å². The first-order valence-corrected chi connectivity index (χ1v) is 4.89. The second kappa shape index (κ2) is 3.12. The van der Waals surface area contributed by atoms with Gasteiger partial charge in [0, 0.05) is 5.70 Å². The summed E-state index contributed by atoms with van der Waals surface area (Å²) >= 11 is 0. The van der Waals surface area contributed by atoms with Crippen LogP contribution in [0.3, 0.4) is 0 Å². The smallest absolute Gasteiger partial charge is 0.327 e. The number of carbonyl (C=O) groups excluding carboxylic acids is 1. The molecule has 1 N–H and O–H groups in total. The maximum absolute atomic E-state index is 11.8. The maximum Gasteiger partial charge on any atom is 0.327 e. The van der Waals surface area contributed by atoms with E-state index in [1.54, 1.807) is 4.90 Å². The summed E-state index contributed by atoms with van der Waals surface area (Å²) in [7, 11) is 0. The second-order valence-electron chi connectivity index (χ2n) is 4.17. The molecule has 1 aromatic carbocycles. The lowest BCUT2D eigenvalue weighted by Crippen LogP contribution is -2.35. The van der Waals surface area contributed by atoms with E-state index < -0.39 is 0 Å². The highest BCUT2D eigenvalue weighted by Crippen LogP contribution is 2.30. The fraction of sp³-hybridized carbons (Fsp3) is 0.250. The molecule has 78 valence electrons. The van der Waals surface area contributed by atoms with Gasteiger partial charge in [-0.05, 0) is 26.0 Å². The number of nitrogens with zero attached hydrogens (tertiary/aromatic N) is 1. The van der Waals surface area contributed by atoms with E-state index in [4.69, 9.17) is 0 Å². The Balaban J connectivity index is 2.40. The lowest BCUT2D eigenvalue weighted by Gasteiger charge is -2.21. The van der Waals surface area contributed by atoms with Crippen LogP contribution in [0.4, 0.5) is 10.5 Å². The zero-order valence-electron chi connectivity index (χ0n) is 8.95. The molecular weight excluding hydrogens is 188 g/mol. The number of hydrogen-bond acceptors (Lipinski definition) is 1. The van der Waals surface area contributed by atoms with Gasteiger partial charge in [0.15, 0.2) is 0 Å². The molecule has 0 unspecified atom stereocenters. The topological polar surface area (TPSA) is 32.3 Å². The van der Waals surface area contributed by atoms with E-state index in [0.717, 1.165) is 11.4 Å². The zero-order valence-corrected chi connectivity index (χ0v) is 8.95. The van der Waals surface area contributed by atoms with Crippen molar-refractivity contribution in [2.75, 3.05) is 4.90 Å². The van der Waals surface area contributed by atoms with Crippen molar-refractivity contribution in [3.05, 3.63) is 42.6 Å². The van der Waals surface area contributed by atoms with Crippen LogP contribution in [-0.2, 0) is 0 Å². The van der Waals surface area contributed by atoms with Crippen LogP contribution >= 0.6 is 0 Å². The minimum absolute atomic E-state index is 0.115. The average molecular weight is 202 g/mol. The van der Waals surface area contributed by atoms with Gasteiger partial charge >= 0.3 is 6.03 Å². The number of urea groups is 1. The van der Waals surface area contributed by atoms with Crippen LogP contribution in [-0.4, -0.2) is 11.6 Å². The first-order chi connectivity index (χ1) is 7.02. The number of rotatable bonds is 1. The number of para-hydroxylation sites is 1. The highest BCUT2D eigenvalue weighted by Gasteiger charge is 2.39. The molecule has 0 aliphatic carbocycles. The summed E-state index contributed by atoms with van der Waals surface area (Å²) in [4.78, 5) is 13.4. The Morgan fingerprint density at radius 1 is 1.27 bits per heavy atom. The van der Waals surface area contributed by atoms with Gasteiger partial charge in [0.1, 0.15) is 0 Å². The molecule has 0 spiro atoms. The summed E-state index contributed by atoms with van der Waals surface area (Å²) in [5.41, 5.74) is 1.26. The summed E-state index contributed by atoms with van der Waals surface area (Å²) in [5, 5.41) is 2.88. The Morgan fingerprint density at radius 2 is 1.87 bits per heavy atom. The van der Waals surface area contributed by atoms with Crippen LogP contribution in [0, 0.1) is 0 Å². The number of benzene rings is 1. The van der Waals surface area contributed by atoms with Gasteiger partial charge in [-0.15, -0.1) is 0 Å². The molecule has 2 amide bonds. The number of amides is 2. The second-order valence-corrected chi connectivity index (χ2v) is 4.17. The zero-order chi connectivity index (χ0) is 11.1. The van der Waals surface area contributed by atoms with Gasteiger partial charge in [0.25, 0.3) is 0 Å². The first kappa shape index (κ1) is 9.77. The third kappa shape index (κ3) is 1.50. The van der Waals surface area contributed by atoms with Crippen LogP contribution in [0.2, 0.25) is 0 Å². The molecule has 0 saturated carbocycles. The summed E-state index contributed by atoms with van der Waals surface area (Å²) in [6.45, 7) is 7.84. The number of nitrogens with one attached hydrogen (secondary N) is 1. The van der Waals surface area contributed by atoms with Crippen LogP contribution in [0.15, 0.2) is 42.6 Å². The third-order valence-electron chi connectivity index (χ3n) is 2.63. The van der Waals surface area contributed by atoms with E-state index in [2.05, 4.69) is 11.9 Å². The first-order valence-electron chi connectivity index (χ1n) is 4.89. The van der Waals surface area contributed by atoms with E-state index in [9.17, 15) is 4.79 Å². The normalized spacial score (nSPS) is 19.2. The molecule has 1 aromatic rings. The Morgan fingerprint density at radius 3 is 2.33 bits per heavy atom. The SMILES string of the molecule is C=C1N(c2ccccc2)C(=O)NC1(C)C. The fourth-order valence-corrected chi connectivity index (χ4v) is 1.65. The Bertz CT molecular complexity index is 409. The van der Waals surface area contributed by atoms with Gasteiger partial charge in [-0.1, -0.05) is 24.8 Å². The summed E-state index contributed by atoms with van der Waals surface area (Å²) in [6.07, 6.45) is 0. The Labute approximate surface area is 89.4 Å². The predicted molar refractivity (Wildman–Crippen MR) is 60.7 cm³/mol. The maximum atomic E-state index is 11.8. The summed E-state index contributed by atoms with van der Waals surface area (Å²) < 4.78 is 0. The molecule has 2 rings (SSSR count).